The maximum atomic E-state index is 11.8. The quantitative estimate of drug-likeness (QED) is 0.862. The maximum absolute atomic E-state index is 11.8. The van der Waals surface area contributed by atoms with Gasteiger partial charge in [-0.2, -0.15) is 0 Å². The molecule has 1 aliphatic heterocycles. The van der Waals surface area contributed by atoms with E-state index in [9.17, 15) is 9.90 Å². The summed E-state index contributed by atoms with van der Waals surface area (Å²) in [6, 6.07) is 4.68. The van der Waals surface area contributed by atoms with Crippen molar-refractivity contribution >= 4 is 22.0 Å². The normalized spacial score (nSPS) is 15.7. The van der Waals surface area contributed by atoms with E-state index in [2.05, 4.69) is 15.9 Å². The lowest BCUT2D eigenvalue weighted by Crippen LogP contribution is -2.42. The molecule has 1 aromatic carbocycles. The van der Waals surface area contributed by atoms with Crippen LogP contribution in [0.2, 0.25) is 0 Å². The standard InChI is InChI=1S/C11H12BrNO4/c12-8-1-2-9(14)10(7-8)17-11(15)13-3-5-16-6-4-13/h1-2,7,14H,3-6H2. The second-order valence-electron chi connectivity index (χ2n) is 3.58. The van der Waals surface area contributed by atoms with E-state index in [0.717, 1.165) is 4.47 Å². The molecule has 2 rings (SSSR count). The van der Waals surface area contributed by atoms with Gasteiger partial charge in [-0.3, -0.25) is 0 Å². The van der Waals surface area contributed by atoms with Crippen LogP contribution < -0.4 is 4.74 Å². The van der Waals surface area contributed by atoms with Gasteiger partial charge in [0.25, 0.3) is 0 Å². The first-order valence-corrected chi connectivity index (χ1v) is 5.99. The largest absolute Gasteiger partial charge is 0.504 e. The van der Waals surface area contributed by atoms with E-state index in [1.807, 2.05) is 0 Å². The molecular weight excluding hydrogens is 290 g/mol. The first-order valence-electron chi connectivity index (χ1n) is 5.20. The third-order valence-corrected chi connectivity index (χ3v) is 2.88. The van der Waals surface area contributed by atoms with E-state index >= 15 is 0 Å². The molecular formula is C11H12BrNO4. The number of phenolic OH excluding ortho intramolecular Hbond substituents is 1. The number of nitrogens with zero attached hydrogens (tertiary/aromatic N) is 1. The van der Waals surface area contributed by atoms with Crippen molar-refractivity contribution in [1.29, 1.82) is 0 Å². The second kappa shape index (κ2) is 5.37. The number of hydrogen-bond donors (Lipinski definition) is 1. The molecule has 1 aliphatic rings. The Hall–Kier alpha value is -1.27. The van der Waals surface area contributed by atoms with Crippen molar-refractivity contribution in [3.05, 3.63) is 22.7 Å². The molecule has 1 saturated heterocycles. The Labute approximate surface area is 107 Å². The Morgan fingerprint density at radius 3 is 2.82 bits per heavy atom. The number of ether oxygens (including phenoxy) is 2. The van der Waals surface area contributed by atoms with Gasteiger partial charge < -0.3 is 19.5 Å². The number of rotatable bonds is 1. The first-order chi connectivity index (χ1) is 8.16. The highest BCUT2D eigenvalue weighted by molar-refractivity contribution is 9.10. The van der Waals surface area contributed by atoms with Crippen LogP contribution in [-0.4, -0.2) is 42.4 Å². The van der Waals surface area contributed by atoms with Crippen molar-refractivity contribution in [2.24, 2.45) is 0 Å². The first kappa shape index (κ1) is 12.2. The van der Waals surface area contributed by atoms with Gasteiger partial charge in [0.1, 0.15) is 0 Å². The maximum Gasteiger partial charge on any atom is 0.415 e. The van der Waals surface area contributed by atoms with Gasteiger partial charge in [-0.15, -0.1) is 0 Å². The number of halogens is 1. The Kier molecular flexibility index (Phi) is 3.86. The topological polar surface area (TPSA) is 59.0 Å². The molecule has 1 N–H and O–H groups in total. The fourth-order valence-corrected chi connectivity index (χ4v) is 1.81. The van der Waals surface area contributed by atoms with Crippen molar-refractivity contribution in [2.45, 2.75) is 0 Å². The molecule has 0 aliphatic carbocycles. The highest BCUT2D eigenvalue weighted by Crippen LogP contribution is 2.29. The van der Waals surface area contributed by atoms with Crippen LogP contribution in [0.3, 0.4) is 0 Å². The minimum absolute atomic E-state index is 0.0604. The lowest BCUT2D eigenvalue weighted by atomic mass is 10.3. The minimum Gasteiger partial charge on any atom is -0.504 e. The molecule has 92 valence electrons. The molecule has 0 bridgehead atoms. The van der Waals surface area contributed by atoms with Crippen molar-refractivity contribution < 1.29 is 19.4 Å². The summed E-state index contributed by atoms with van der Waals surface area (Å²) >= 11 is 3.25. The molecule has 1 fully saturated rings. The molecule has 0 aromatic heterocycles. The lowest BCUT2D eigenvalue weighted by Gasteiger charge is -2.25. The molecule has 17 heavy (non-hydrogen) atoms. The smallest absolute Gasteiger partial charge is 0.415 e. The van der Waals surface area contributed by atoms with Crippen LogP contribution >= 0.6 is 15.9 Å². The van der Waals surface area contributed by atoms with Crippen LogP contribution in [0.4, 0.5) is 4.79 Å². The fourth-order valence-electron chi connectivity index (χ4n) is 1.47. The van der Waals surface area contributed by atoms with Gasteiger partial charge in [-0.25, -0.2) is 4.79 Å². The fraction of sp³-hybridized carbons (Fsp3) is 0.364. The number of benzene rings is 1. The Morgan fingerprint density at radius 2 is 2.12 bits per heavy atom. The average molecular weight is 302 g/mol. The summed E-state index contributed by atoms with van der Waals surface area (Å²) in [7, 11) is 0. The molecule has 0 spiro atoms. The van der Waals surface area contributed by atoms with Crippen molar-refractivity contribution in [2.75, 3.05) is 26.3 Å². The molecule has 0 saturated carbocycles. The van der Waals surface area contributed by atoms with E-state index in [4.69, 9.17) is 9.47 Å². The predicted octanol–water partition coefficient (Wildman–Crippen LogP) is 1.99. The number of morpholine rings is 1. The summed E-state index contributed by atoms with van der Waals surface area (Å²) in [6.07, 6.45) is -0.471. The highest BCUT2D eigenvalue weighted by Gasteiger charge is 2.19. The Balaban J connectivity index is 2.04. The van der Waals surface area contributed by atoms with Crippen LogP contribution in [0.15, 0.2) is 22.7 Å². The molecule has 1 aromatic rings. The van der Waals surface area contributed by atoms with Gasteiger partial charge >= 0.3 is 6.09 Å². The molecule has 0 radical (unpaired) electrons. The predicted molar refractivity (Wildman–Crippen MR) is 64.2 cm³/mol. The van der Waals surface area contributed by atoms with Crippen LogP contribution in [0.1, 0.15) is 0 Å². The van der Waals surface area contributed by atoms with Gasteiger partial charge in [-0.05, 0) is 18.2 Å². The molecule has 0 unspecified atom stereocenters. The Morgan fingerprint density at radius 1 is 1.41 bits per heavy atom. The number of carbonyl (C=O) groups excluding carboxylic acids is 1. The molecule has 6 heteroatoms. The summed E-state index contributed by atoms with van der Waals surface area (Å²) in [6.45, 7) is 2.04. The molecule has 0 atom stereocenters. The summed E-state index contributed by atoms with van der Waals surface area (Å²) < 4.78 is 11.0. The summed E-state index contributed by atoms with van der Waals surface area (Å²) in [5.74, 6) is 0.0886. The van der Waals surface area contributed by atoms with Crippen molar-refractivity contribution in [3.63, 3.8) is 0 Å². The minimum atomic E-state index is -0.471. The lowest BCUT2D eigenvalue weighted by molar-refractivity contribution is 0.0413. The summed E-state index contributed by atoms with van der Waals surface area (Å²) in [4.78, 5) is 13.3. The van der Waals surface area contributed by atoms with Gasteiger partial charge in [0.05, 0.1) is 13.2 Å². The Bertz CT molecular complexity index is 418. The van der Waals surface area contributed by atoms with E-state index in [-0.39, 0.29) is 11.5 Å². The van der Waals surface area contributed by atoms with Crippen molar-refractivity contribution in [3.8, 4) is 11.5 Å². The number of aromatic hydroxyl groups is 1. The van der Waals surface area contributed by atoms with E-state index in [0.29, 0.717) is 26.3 Å². The SMILES string of the molecule is O=C(Oc1cc(Br)ccc1O)N1CCOCC1. The average Bonchev–Trinajstić information content (AvgIpc) is 2.35. The molecule has 1 heterocycles. The zero-order valence-corrected chi connectivity index (χ0v) is 10.6. The third kappa shape index (κ3) is 3.10. The van der Waals surface area contributed by atoms with Crippen LogP contribution in [0.25, 0.3) is 0 Å². The van der Waals surface area contributed by atoms with E-state index in [1.165, 1.54) is 6.07 Å². The monoisotopic (exact) mass is 301 g/mol. The van der Waals surface area contributed by atoms with Gasteiger partial charge in [0, 0.05) is 17.6 Å². The van der Waals surface area contributed by atoms with Gasteiger partial charge in [0.15, 0.2) is 11.5 Å². The number of phenols is 1. The van der Waals surface area contributed by atoms with E-state index in [1.54, 1.807) is 17.0 Å². The molecule has 5 nitrogen and oxygen atoms in total. The number of hydrogen-bond acceptors (Lipinski definition) is 4. The van der Waals surface area contributed by atoms with Crippen LogP contribution in [0, 0.1) is 0 Å². The van der Waals surface area contributed by atoms with Crippen LogP contribution in [-0.2, 0) is 4.74 Å². The van der Waals surface area contributed by atoms with Gasteiger partial charge in [-0.1, -0.05) is 15.9 Å². The third-order valence-electron chi connectivity index (χ3n) is 2.39. The number of amides is 1. The van der Waals surface area contributed by atoms with E-state index < -0.39 is 6.09 Å². The summed E-state index contributed by atoms with van der Waals surface area (Å²) in [5, 5.41) is 9.54. The summed E-state index contributed by atoms with van der Waals surface area (Å²) in [5.41, 5.74) is 0. The second-order valence-corrected chi connectivity index (χ2v) is 4.50. The molecule has 1 amide bonds. The zero-order valence-electron chi connectivity index (χ0n) is 9.06. The van der Waals surface area contributed by atoms with Crippen molar-refractivity contribution in [1.82, 2.24) is 4.90 Å². The zero-order chi connectivity index (χ0) is 12.3. The van der Waals surface area contributed by atoms with Gasteiger partial charge in [0.2, 0.25) is 0 Å². The number of carbonyl (C=O) groups is 1. The van der Waals surface area contributed by atoms with Crippen LogP contribution in [0.5, 0.6) is 11.5 Å². The highest BCUT2D eigenvalue weighted by atomic mass is 79.9.